The standard InChI is InChI=1S/C13H12N2O5/c16-11(8-14-13(17)12-2-1-7-20-12)9-3-5-10(6-4-9)15(18)19/h1-7,11,16H,8H2,(H,14,17)/t11-/m1/s1. The van der Waals surface area contributed by atoms with Gasteiger partial charge in [-0.15, -0.1) is 0 Å². The monoisotopic (exact) mass is 276 g/mol. The molecule has 0 unspecified atom stereocenters. The highest BCUT2D eigenvalue weighted by Crippen LogP contribution is 2.17. The van der Waals surface area contributed by atoms with Gasteiger partial charge < -0.3 is 14.8 Å². The molecular formula is C13H12N2O5. The quantitative estimate of drug-likeness (QED) is 0.638. The van der Waals surface area contributed by atoms with E-state index in [0.717, 1.165) is 0 Å². The Hall–Kier alpha value is -2.67. The van der Waals surface area contributed by atoms with Crippen molar-refractivity contribution in [2.24, 2.45) is 0 Å². The Morgan fingerprint density at radius 3 is 2.60 bits per heavy atom. The molecule has 0 bridgehead atoms. The van der Waals surface area contributed by atoms with E-state index in [0.29, 0.717) is 5.56 Å². The van der Waals surface area contributed by atoms with E-state index in [-0.39, 0.29) is 18.0 Å². The molecule has 0 aliphatic carbocycles. The summed E-state index contributed by atoms with van der Waals surface area (Å²) in [6.45, 7) is -0.0165. The Morgan fingerprint density at radius 2 is 2.05 bits per heavy atom. The maximum Gasteiger partial charge on any atom is 0.287 e. The van der Waals surface area contributed by atoms with Gasteiger partial charge in [-0.3, -0.25) is 14.9 Å². The number of nitro groups is 1. The number of benzene rings is 1. The van der Waals surface area contributed by atoms with Gasteiger partial charge in [-0.1, -0.05) is 0 Å². The van der Waals surface area contributed by atoms with Crippen LogP contribution in [0.15, 0.2) is 47.1 Å². The molecule has 0 spiro atoms. The minimum absolute atomic E-state index is 0.0165. The molecule has 2 rings (SSSR count). The third-order valence-corrected chi connectivity index (χ3v) is 2.69. The molecule has 0 radical (unpaired) electrons. The first-order valence-electron chi connectivity index (χ1n) is 5.82. The van der Waals surface area contributed by atoms with Crippen molar-refractivity contribution in [3.63, 3.8) is 0 Å². The molecule has 1 amide bonds. The molecule has 1 aromatic carbocycles. The van der Waals surface area contributed by atoms with Crippen molar-refractivity contribution in [3.8, 4) is 0 Å². The molecule has 1 aromatic heterocycles. The summed E-state index contributed by atoms with van der Waals surface area (Å²) in [5, 5.41) is 22.9. The number of nitrogens with zero attached hydrogens (tertiary/aromatic N) is 1. The van der Waals surface area contributed by atoms with Crippen LogP contribution in [0.5, 0.6) is 0 Å². The van der Waals surface area contributed by atoms with Gasteiger partial charge in [-0.05, 0) is 29.8 Å². The van der Waals surface area contributed by atoms with Gasteiger partial charge in [0.1, 0.15) is 0 Å². The SMILES string of the molecule is O=C(NC[C@@H](O)c1ccc([N+](=O)[O-])cc1)c1ccco1. The Kier molecular flexibility index (Phi) is 4.11. The summed E-state index contributed by atoms with van der Waals surface area (Å²) in [6.07, 6.45) is 0.427. The van der Waals surface area contributed by atoms with Crippen LogP contribution in [-0.2, 0) is 0 Å². The molecule has 0 aliphatic rings. The van der Waals surface area contributed by atoms with Crippen LogP contribution >= 0.6 is 0 Å². The van der Waals surface area contributed by atoms with Gasteiger partial charge in [0.2, 0.25) is 0 Å². The number of amides is 1. The van der Waals surface area contributed by atoms with Crippen LogP contribution < -0.4 is 5.32 Å². The number of hydrogen-bond donors (Lipinski definition) is 2. The summed E-state index contributed by atoms with van der Waals surface area (Å²) in [4.78, 5) is 21.6. The van der Waals surface area contributed by atoms with Crippen LogP contribution in [-0.4, -0.2) is 22.5 Å². The zero-order valence-electron chi connectivity index (χ0n) is 10.4. The van der Waals surface area contributed by atoms with Crippen molar-refractivity contribution >= 4 is 11.6 Å². The summed E-state index contributed by atoms with van der Waals surface area (Å²) in [5.74, 6) is -0.281. The highest BCUT2D eigenvalue weighted by atomic mass is 16.6. The fraction of sp³-hybridized carbons (Fsp3) is 0.154. The fourth-order valence-corrected chi connectivity index (χ4v) is 1.62. The highest BCUT2D eigenvalue weighted by Gasteiger charge is 2.13. The summed E-state index contributed by atoms with van der Waals surface area (Å²) in [6, 6.07) is 8.58. The van der Waals surface area contributed by atoms with E-state index in [1.165, 1.54) is 36.6 Å². The maximum atomic E-state index is 11.6. The number of carbonyl (C=O) groups excluding carboxylic acids is 1. The molecular weight excluding hydrogens is 264 g/mol. The molecule has 1 atom stereocenters. The second-order valence-electron chi connectivity index (χ2n) is 4.05. The van der Waals surface area contributed by atoms with E-state index in [1.54, 1.807) is 6.07 Å². The lowest BCUT2D eigenvalue weighted by atomic mass is 10.1. The van der Waals surface area contributed by atoms with Crippen molar-refractivity contribution in [2.75, 3.05) is 6.54 Å². The molecule has 20 heavy (non-hydrogen) atoms. The maximum absolute atomic E-state index is 11.6. The van der Waals surface area contributed by atoms with E-state index in [9.17, 15) is 20.0 Å². The van der Waals surface area contributed by atoms with Gasteiger partial charge >= 0.3 is 0 Å². The van der Waals surface area contributed by atoms with E-state index < -0.39 is 16.9 Å². The summed E-state index contributed by atoms with van der Waals surface area (Å²) in [5.41, 5.74) is 0.427. The van der Waals surface area contributed by atoms with Crippen LogP contribution in [0.1, 0.15) is 22.2 Å². The van der Waals surface area contributed by atoms with Crippen LogP contribution in [0, 0.1) is 10.1 Å². The Labute approximate surface area is 114 Å². The molecule has 104 valence electrons. The zero-order valence-corrected chi connectivity index (χ0v) is 10.4. The number of hydrogen-bond acceptors (Lipinski definition) is 5. The Balaban J connectivity index is 1.93. The van der Waals surface area contributed by atoms with E-state index in [4.69, 9.17) is 4.42 Å². The van der Waals surface area contributed by atoms with Crippen LogP contribution in [0.3, 0.4) is 0 Å². The predicted octanol–water partition coefficient (Wildman–Crippen LogP) is 1.65. The van der Waals surface area contributed by atoms with Gasteiger partial charge in [0, 0.05) is 18.7 Å². The topological polar surface area (TPSA) is 106 Å². The second-order valence-corrected chi connectivity index (χ2v) is 4.05. The number of carbonyl (C=O) groups is 1. The van der Waals surface area contributed by atoms with Crippen LogP contribution in [0.25, 0.3) is 0 Å². The fourth-order valence-electron chi connectivity index (χ4n) is 1.62. The summed E-state index contributed by atoms with van der Waals surface area (Å²) in [7, 11) is 0. The molecule has 0 saturated carbocycles. The number of non-ortho nitro benzene ring substituents is 1. The largest absolute Gasteiger partial charge is 0.459 e. The number of furan rings is 1. The number of nitro benzene ring substituents is 1. The third kappa shape index (κ3) is 3.21. The molecule has 7 heteroatoms. The predicted molar refractivity (Wildman–Crippen MR) is 69.1 cm³/mol. The van der Waals surface area contributed by atoms with Gasteiger partial charge in [0.05, 0.1) is 17.3 Å². The first-order valence-corrected chi connectivity index (χ1v) is 5.82. The number of nitrogens with one attached hydrogen (secondary N) is 1. The lowest BCUT2D eigenvalue weighted by molar-refractivity contribution is -0.384. The van der Waals surface area contributed by atoms with Gasteiger partial charge in [0.15, 0.2) is 5.76 Å². The number of aliphatic hydroxyl groups is 1. The molecule has 2 aromatic rings. The van der Waals surface area contributed by atoms with Crippen molar-refractivity contribution in [1.29, 1.82) is 0 Å². The van der Waals surface area contributed by atoms with Crippen LogP contribution in [0.2, 0.25) is 0 Å². The molecule has 1 heterocycles. The minimum Gasteiger partial charge on any atom is -0.459 e. The Morgan fingerprint density at radius 1 is 1.35 bits per heavy atom. The lowest BCUT2D eigenvalue weighted by Gasteiger charge is -2.11. The molecule has 0 aliphatic heterocycles. The summed E-state index contributed by atoms with van der Waals surface area (Å²) >= 11 is 0. The molecule has 0 saturated heterocycles. The molecule has 7 nitrogen and oxygen atoms in total. The minimum atomic E-state index is -0.949. The number of aliphatic hydroxyl groups excluding tert-OH is 1. The first kappa shape index (κ1) is 13.8. The normalized spacial score (nSPS) is 11.8. The van der Waals surface area contributed by atoms with Crippen LogP contribution in [0.4, 0.5) is 5.69 Å². The molecule has 2 N–H and O–H groups in total. The van der Waals surface area contributed by atoms with Crippen molar-refractivity contribution in [3.05, 3.63) is 64.1 Å². The number of rotatable bonds is 5. The van der Waals surface area contributed by atoms with Gasteiger partial charge in [-0.25, -0.2) is 0 Å². The molecule has 0 fully saturated rings. The second kappa shape index (κ2) is 5.98. The average molecular weight is 276 g/mol. The lowest BCUT2D eigenvalue weighted by Crippen LogP contribution is -2.28. The van der Waals surface area contributed by atoms with E-state index in [1.807, 2.05) is 0 Å². The summed E-state index contributed by atoms with van der Waals surface area (Å²) < 4.78 is 4.91. The van der Waals surface area contributed by atoms with E-state index >= 15 is 0 Å². The smallest absolute Gasteiger partial charge is 0.287 e. The van der Waals surface area contributed by atoms with Crippen molar-refractivity contribution in [1.82, 2.24) is 5.32 Å². The van der Waals surface area contributed by atoms with Crippen molar-refractivity contribution < 1.29 is 19.2 Å². The van der Waals surface area contributed by atoms with Gasteiger partial charge in [-0.2, -0.15) is 0 Å². The Bertz CT molecular complexity index is 592. The highest BCUT2D eigenvalue weighted by molar-refractivity contribution is 5.91. The van der Waals surface area contributed by atoms with Gasteiger partial charge in [0.25, 0.3) is 11.6 Å². The third-order valence-electron chi connectivity index (χ3n) is 2.69. The average Bonchev–Trinajstić information content (AvgIpc) is 2.98. The van der Waals surface area contributed by atoms with Crippen molar-refractivity contribution in [2.45, 2.75) is 6.10 Å². The van der Waals surface area contributed by atoms with E-state index in [2.05, 4.69) is 5.32 Å². The zero-order chi connectivity index (χ0) is 14.5. The first-order chi connectivity index (χ1) is 9.58.